The molecule has 1 aliphatic heterocycles. The SMILES string of the molecule is CCCCN(C(=O)CN(C)c1ccc2ccccc2c1)[C@H]1CCS(=O)(=O)C1. The monoisotopic (exact) mass is 388 g/mol. The highest BCUT2D eigenvalue weighted by Crippen LogP contribution is 2.23. The molecule has 0 unspecified atom stereocenters. The third-order valence-electron chi connectivity index (χ3n) is 5.27. The quantitative estimate of drug-likeness (QED) is 0.731. The number of carbonyl (C=O) groups excluding carboxylic acids is 1. The van der Waals surface area contributed by atoms with Gasteiger partial charge in [0.1, 0.15) is 0 Å². The maximum atomic E-state index is 13.0. The van der Waals surface area contributed by atoms with Crippen LogP contribution >= 0.6 is 0 Å². The van der Waals surface area contributed by atoms with Gasteiger partial charge >= 0.3 is 0 Å². The lowest BCUT2D eigenvalue weighted by Gasteiger charge is -2.30. The lowest BCUT2D eigenvalue weighted by atomic mass is 10.1. The van der Waals surface area contributed by atoms with E-state index in [4.69, 9.17) is 0 Å². The Balaban J connectivity index is 1.73. The summed E-state index contributed by atoms with van der Waals surface area (Å²) in [5.74, 6) is 0.289. The Morgan fingerprint density at radius 2 is 1.89 bits per heavy atom. The van der Waals surface area contributed by atoms with Gasteiger partial charge in [-0.15, -0.1) is 0 Å². The van der Waals surface area contributed by atoms with Gasteiger partial charge in [-0.1, -0.05) is 43.7 Å². The van der Waals surface area contributed by atoms with Gasteiger partial charge in [-0.05, 0) is 35.7 Å². The molecule has 0 aliphatic carbocycles. The van der Waals surface area contributed by atoms with Gasteiger partial charge in [0.2, 0.25) is 5.91 Å². The molecule has 1 saturated heterocycles. The first-order valence-corrected chi connectivity index (χ1v) is 11.4. The van der Waals surface area contributed by atoms with Crippen molar-refractivity contribution in [2.24, 2.45) is 0 Å². The van der Waals surface area contributed by atoms with Gasteiger partial charge in [-0.2, -0.15) is 0 Å². The van der Waals surface area contributed by atoms with Gasteiger partial charge in [0.25, 0.3) is 0 Å². The third kappa shape index (κ3) is 4.80. The van der Waals surface area contributed by atoms with Crippen LogP contribution in [0.1, 0.15) is 26.2 Å². The molecule has 0 saturated carbocycles. The number of nitrogens with zero attached hydrogens (tertiary/aromatic N) is 2. The number of hydrogen-bond acceptors (Lipinski definition) is 4. The molecular weight excluding hydrogens is 360 g/mol. The summed E-state index contributed by atoms with van der Waals surface area (Å²) in [6, 6.07) is 14.1. The topological polar surface area (TPSA) is 57.7 Å². The van der Waals surface area contributed by atoms with Crippen molar-refractivity contribution in [1.82, 2.24) is 4.90 Å². The Kier molecular flexibility index (Phi) is 6.05. The van der Waals surface area contributed by atoms with Crippen LogP contribution in [0.4, 0.5) is 5.69 Å². The molecule has 27 heavy (non-hydrogen) atoms. The van der Waals surface area contributed by atoms with Crippen molar-refractivity contribution in [1.29, 1.82) is 0 Å². The van der Waals surface area contributed by atoms with Gasteiger partial charge in [-0.25, -0.2) is 8.42 Å². The number of amides is 1. The normalized spacial score (nSPS) is 18.5. The van der Waals surface area contributed by atoms with Crippen LogP contribution in [-0.2, 0) is 14.6 Å². The molecule has 146 valence electrons. The molecule has 1 fully saturated rings. The zero-order valence-corrected chi connectivity index (χ0v) is 16.9. The Labute approximate surface area is 161 Å². The van der Waals surface area contributed by atoms with Crippen molar-refractivity contribution in [3.63, 3.8) is 0 Å². The second kappa shape index (κ2) is 8.30. The molecule has 0 spiro atoms. The van der Waals surface area contributed by atoms with Crippen LogP contribution in [-0.4, -0.2) is 56.9 Å². The number of benzene rings is 2. The predicted octanol–water partition coefficient (Wildman–Crippen LogP) is 3.09. The van der Waals surface area contributed by atoms with Crippen LogP contribution < -0.4 is 4.90 Å². The summed E-state index contributed by atoms with van der Waals surface area (Å²) in [6.07, 6.45) is 2.42. The number of hydrogen-bond donors (Lipinski definition) is 0. The van der Waals surface area contributed by atoms with Crippen molar-refractivity contribution in [3.8, 4) is 0 Å². The van der Waals surface area contributed by atoms with E-state index < -0.39 is 9.84 Å². The minimum Gasteiger partial charge on any atom is -0.365 e. The molecule has 1 amide bonds. The Bertz CT molecular complexity index is 911. The fourth-order valence-electron chi connectivity index (χ4n) is 3.66. The van der Waals surface area contributed by atoms with E-state index >= 15 is 0 Å². The molecule has 6 heteroatoms. The fraction of sp³-hybridized carbons (Fsp3) is 0.476. The molecule has 1 heterocycles. The molecule has 2 aromatic carbocycles. The van der Waals surface area contributed by atoms with E-state index in [1.165, 1.54) is 5.39 Å². The zero-order valence-electron chi connectivity index (χ0n) is 16.1. The van der Waals surface area contributed by atoms with Crippen LogP contribution in [0.15, 0.2) is 42.5 Å². The number of sulfone groups is 1. The van der Waals surface area contributed by atoms with E-state index in [0.717, 1.165) is 23.9 Å². The first-order valence-electron chi connectivity index (χ1n) is 9.59. The maximum absolute atomic E-state index is 13.0. The van der Waals surface area contributed by atoms with Crippen LogP contribution in [0.2, 0.25) is 0 Å². The molecule has 5 nitrogen and oxygen atoms in total. The number of unbranched alkanes of at least 4 members (excludes halogenated alkanes) is 1. The highest BCUT2D eigenvalue weighted by Gasteiger charge is 2.34. The summed E-state index contributed by atoms with van der Waals surface area (Å²) in [4.78, 5) is 16.7. The predicted molar refractivity (Wildman–Crippen MR) is 111 cm³/mol. The average Bonchev–Trinajstić information content (AvgIpc) is 3.01. The lowest BCUT2D eigenvalue weighted by Crippen LogP contribution is -2.46. The second-order valence-corrected chi connectivity index (χ2v) is 9.61. The van der Waals surface area contributed by atoms with E-state index in [1.54, 1.807) is 4.90 Å². The summed E-state index contributed by atoms with van der Waals surface area (Å²) in [6.45, 7) is 2.95. The van der Waals surface area contributed by atoms with Crippen LogP contribution in [0.25, 0.3) is 10.8 Å². The molecular formula is C21H28N2O3S. The largest absolute Gasteiger partial charge is 0.365 e. The standard InChI is InChI=1S/C21H28N2O3S/c1-3-4-12-23(20-11-13-27(25,26)16-20)21(24)15-22(2)19-10-9-17-7-5-6-8-18(17)14-19/h5-10,14,20H,3-4,11-13,15-16H2,1-2H3/t20-/m0/s1. The fourth-order valence-corrected chi connectivity index (χ4v) is 5.39. The van der Waals surface area contributed by atoms with Crippen LogP contribution in [0.5, 0.6) is 0 Å². The highest BCUT2D eigenvalue weighted by molar-refractivity contribution is 7.91. The average molecular weight is 389 g/mol. The van der Waals surface area contributed by atoms with Gasteiger partial charge in [0, 0.05) is 25.3 Å². The van der Waals surface area contributed by atoms with Gasteiger partial charge in [0.05, 0.1) is 18.1 Å². The highest BCUT2D eigenvalue weighted by atomic mass is 32.2. The maximum Gasteiger partial charge on any atom is 0.242 e. The first kappa shape index (κ1) is 19.7. The van der Waals surface area contributed by atoms with Gasteiger partial charge in [0.15, 0.2) is 9.84 Å². The molecule has 0 N–H and O–H groups in total. The van der Waals surface area contributed by atoms with Crippen molar-refractivity contribution in [3.05, 3.63) is 42.5 Å². The van der Waals surface area contributed by atoms with Crippen LogP contribution in [0, 0.1) is 0 Å². The summed E-state index contributed by atoms with van der Waals surface area (Å²) >= 11 is 0. The third-order valence-corrected chi connectivity index (χ3v) is 7.02. The molecule has 2 aromatic rings. The molecule has 0 bridgehead atoms. The lowest BCUT2D eigenvalue weighted by molar-refractivity contribution is -0.131. The second-order valence-electron chi connectivity index (χ2n) is 7.39. The minimum absolute atomic E-state index is 0.00112. The van der Waals surface area contributed by atoms with Gasteiger partial charge in [-0.3, -0.25) is 4.79 Å². The van der Waals surface area contributed by atoms with Crippen molar-refractivity contribution in [2.75, 3.05) is 36.5 Å². The van der Waals surface area contributed by atoms with E-state index in [9.17, 15) is 13.2 Å². The zero-order chi connectivity index (χ0) is 19.4. The van der Waals surface area contributed by atoms with E-state index in [0.29, 0.717) is 13.0 Å². The summed E-state index contributed by atoms with van der Waals surface area (Å²) in [7, 11) is -1.10. The Hall–Kier alpha value is -2.08. The van der Waals surface area contributed by atoms with Gasteiger partial charge < -0.3 is 9.80 Å². The van der Waals surface area contributed by atoms with Crippen molar-refractivity contribution in [2.45, 2.75) is 32.2 Å². The smallest absolute Gasteiger partial charge is 0.242 e. The van der Waals surface area contributed by atoms with Crippen molar-refractivity contribution < 1.29 is 13.2 Å². The number of carbonyl (C=O) groups is 1. The number of rotatable bonds is 7. The Morgan fingerprint density at radius 3 is 2.56 bits per heavy atom. The minimum atomic E-state index is -3.01. The summed E-state index contributed by atoms with van der Waals surface area (Å²) < 4.78 is 23.7. The molecule has 1 aliphatic rings. The van der Waals surface area contributed by atoms with E-state index in [-0.39, 0.29) is 30.0 Å². The van der Waals surface area contributed by atoms with E-state index in [2.05, 4.69) is 31.2 Å². The number of fused-ring (bicyclic) bond motifs is 1. The van der Waals surface area contributed by atoms with Crippen LogP contribution in [0.3, 0.4) is 0 Å². The number of likely N-dealkylation sites (N-methyl/N-ethyl adjacent to an activating group) is 1. The molecule has 1 atom stereocenters. The Morgan fingerprint density at radius 1 is 1.15 bits per heavy atom. The molecule has 0 radical (unpaired) electrons. The first-order chi connectivity index (χ1) is 12.9. The molecule has 3 rings (SSSR count). The molecule has 0 aromatic heterocycles. The van der Waals surface area contributed by atoms with Crippen molar-refractivity contribution >= 4 is 32.2 Å². The van der Waals surface area contributed by atoms with E-state index in [1.807, 2.05) is 30.1 Å². The summed E-state index contributed by atoms with van der Waals surface area (Å²) in [5.41, 5.74) is 0.983. The number of anilines is 1. The summed E-state index contributed by atoms with van der Waals surface area (Å²) in [5, 5.41) is 2.31.